The molecule has 1 aromatic carbocycles. The van der Waals surface area contributed by atoms with Crippen molar-refractivity contribution in [2.75, 3.05) is 13.7 Å². The number of carbonyl (C=O) groups excluding carboxylic acids is 2. The number of hydrogen-bond donors (Lipinski definition) is 0. The fraction of sp³-hybridized carbons (Fsp3) is 0.412. The first-order chi connectivity index (χ1) is 10.6. The Morgan fingerprint density at radius 2 is 2.23 bits per heavy atom. The molecule has 0 aliphatic carbocycles. The van der Waals surface area contributed by atoms with Crippen LogP contribution in [0.5, 0.6) is 0 Å². The zero-order chi connectivity index (χ0) is 16.1. The van der Waals surface area contributed by atoms with Gasteiger partial charge in [-0.3, -0.25) is 4.79 Å². The van der Waals surface area contributed by atoms with Crippen LogP contribution in [0.2, 0.25) is 0 Å². The number of hydrogen-bond acceptors (Lipinski definition) is 4. The van der Waals surface area contributed by atoms with E-state index in [-0.39, 0.29) is 12.0 Å². The maximum Gasteiger partial charge on any atom is 0.331 e. The summed E-state index contributed by atoms with van der Waals surface area (Å²) in [5.41, 5.74) is 2.19. The molecule has 1 aromatic rings. The number of rotatable bonds is 5. The highest BCUT2D eigenvalue weighted by Crippen LogP contribution is 2.24. The SMILES string of the molecule is C=CC(=O)N1CC[C@H](OCc2cccc(C)c2)[C@H]1C(=O)OC. The maximum atomic E-state index is 12.0. The predicted octanol–water partition coefficient (Wildman–Crippen LogP) is 1.84. The quantitative estimate of drug-likeness (QED) is 0.615. The molecule has 0 bridgehead atoms. The minimum Gasteiger partial charge on any atom is -0.467 e. The smallest absolute Gasteiger partial charge is 0.331 e. The second-order valence-corrected chi connectivity index (χ2v) is 5.33. The summed E-state index contributed by atoms with van der Waals surface area (Å²) in [5, 5.41) is 0. The second-order valence-electron chi connectivity index (χ2n) is 5.33. The van der Waals surface area contributed by atoms with Gasteiger partial charge in [-0.15, -0.1) is 0 Å². The molecule has 118 valence electrons. The van der Waals surface area contributed by atoms with Gasteiger partial charge in [0.2, 0.25) is 5.91 Å². The number of esters is 1. The third kappa shape index (κ3) is 3.54. The molecule has 1 amide bonds. The normalized spacial score (nSPS) is 20.7. The van der Waals surface area contributed by atoms with E-state index >= 15 is 0 Å². The Hall–Kier alpha value is -2.14. The Morgan fingerprint density at radius 3 is 2.86 bits per heavy atom. The number of likely N-dealkylation sites (tertiary alicyclic amines) is 1. The van der Waals surface area contributed by atoms with Gasteiger partial charge in [-0.1, -0.05) is 36.4 Å². The minimum absolute atomic E-state index is 0.281. The molecular weight excluding hydrogens is 282 g/mol. The molecular formula is C17H21NO4. The van der Waals surface area contributed by atoms with Crippen molar-refractivity contribution in [2.24, 2.45) is 0 Å². The zero-order valence-electron chi connectivity index (χ0n) is 13.0. The molecule has 5 heteroatoms. The summed E-state index contributed by atoms with van der Waals surface area (Å²) in [4.78, 5) is 25.3. The molecule has 0 saturated carbocycles. The van der Waals surface area contributed by atoms with Crippen molar-refractivity contribution < 1.29 is 19.1 Å². The molecule has 0 N–H and O–H groups in total. The Kier molecular flexibility index (Phi) is 5.33. The van der Waals surface area contributed by atoms with Gasteiger partial charge >= 0.3 is 5.97 Å². The van der Waals surface area contributed by atoms with Crippen LogP contribution in [-0.4, -0.2) is 42.6 Å². The van der Waals surface area contributed by atoms with E-state index in [9.17, 15) is 9.59 Å². The summed E-state index contributed by atoms with van der Waals surface area (Å²) in [7, 11) is 1.31. The van der Waals surface area contributed by atoms with Crippen molar-refractivity contribution >= 4 is 11.9 Å². The van der Waals surface area contributed by atoms with E-state index in [1.54, 1.807) is 0 Å². The average Bonchev–Trinajstić information content (AvgIpc) is 2.95. The lowest BCUT2D eigenvalue weighted by Crippen LogP contribution is -2.45. The summed E-state index contributed by atoms with van der Waals surface area (Å²) in [6, 6.07) is 7.28. The van der Waals surface area contributed by atoms with Crippen LogP contribution in [0.15, 0.2) is 36.9 Å². The van der Waals surface area contributed by atoms with Crippen LogP contribution in [0.1, 0.15) is 17.5 Å². The third-order valence-electron chi connectivity index (χ3n) is 3.79. The van der Waals surface area contributed by atoms with Gasteiger partial charge in [0.15, 0.2) is 6.04 Å². The maximum absolute atomic E-state index is 12.0. The molecule has 2 atom stereocenters. The molecule has 2 rings (SSSR count). The number of amides is 1. The van der Waals surface area contributed by atoms with Crippen molar-refractivity contribution in [1.29, 1.82) is 0 Å². The third-order valence-corrected chi connectivity index (χ3v) is 3.79. The molecule has 0 radical (unpaired) electrons. The summed E-state index contributed by atoms with van der Waals surface area (Å²) in [6.45, 7) is 6.34. The van der Waals surface area contributed by atoms with Crippen LogP contribution in [0.4, 0.5) is 0 Å². The fourth-order valence-corrected chi connectivity index (χ4v) is 2.71. The van der Waals surface area contributed by atoms with Crippen molar-refractivity contribution in [3.63, 3.8) is 0 Å². The van der Waals surface area contributed by atoms with Crippen LogP contribution in [0, 0.1) is 6.92 Å². The van der Waals surface area contributed by atoms with E-state index in [0.717, 1.165) is 11.1 Å². The molecule has 1 aliphatic heterocycles. The number of ether oxygens (including phenoxy) is 2. The van der Waals surface area contributed by atoms with Crippen LogP contribution in [0.25, 0.3) is 0 Å². The highest BCUT2D eigenvalue weighted by Gasteiger charge is 2.42. The number of aryl methyl sites for hydroxylation is 1. The Balaban J connectivity index is 2.07. The van der Waals surface area contributed by atoms with Crippen LogP contribution < -0.4 is 0 Å². The molecule has 0 aromatic heterocycles. The number of nitrogens with zero attached hydrogens (tertiary/aromatic N) is 1. The monoisotopic (exact) mass is 303 g/mol. The topological polar surface area (TPSA) is 55.8 Å². The average molecular weight is 303 g/mol. The first-order valence-corrected chi connectivity index (χ1v) is 7.25. The molecule has 1 heterocycles. The Morgan fingerprint density at radius 1 is 1.45 bits per heavy atom. The van der Waals surface area contributed by atoms with Crippen LogP contribution in [-0.2, 0) is 25.7 Å². The highest BCUT2D eigenvalue weighted by atomic mass is 16.5. The van der Waals surface area contributed by atoms with E-state index in [1.807, 2.05) is 31.2 Å². The standard InChI is InChI=1S/C17H21NO4/c1-4-15(19)18-9-8-14(16(18)17(20)21-3)22-11-13-7-5-6-12(2)10-13/h4-7,10,14,16H,1,8-9,11H2,2-3H3/t14-,16-/m0/s1. The summed E-state index contributed by atoms with van der Waals surface area (Å²) >= 11 is 0. The van der Waals surface area contributed by atoms with Gasteiger partial charge in [0, 0.05) is 6.54 Å². The summed E-state index contributed by atoms with van der Waals surface area (Å²) in [6.07, 6.45) is 1.45. The van der Waals surface area contributed by atoms with E-state index in [4.69, 9.17) is 9.47 Å². The van der Waals surface area contributed by atoms with Crippen molar-refractivity contribution in [3.05, 3.63) is 48.0 Å². The number of methoxy groups -OCH3 is 1. The van der Waals surface area contributed by atoms with Gasteiger partial charge in [-0.2, -0.15) is 0 Å². The predicted molar refractivity (Wildman–Crippen MR) is 82.1 cm³/mol. The largest absolute Gasteiger partial charge is 0.467 e. The summed E-state index contributed by atoms with van der Waals surface area (Å²) < 4.78 is 10.7. The van der Waals surface area contributed by atoms with Gasteiger partial charge in [-0.05, 0) is 25.0 Å². The van der Waals surface area contributed by atoms with Crippen molar-refractivity contribution in [3.8, 4) is 0 Å². The summed E-state index contributed by atoms with van der Waals surface area (Å²) in [5.74, 6) is -0.737. The zero-order valence-corrected chi connectivity index (χ0v) is 13.0. The van der Waals surface area contributed by atoms with Gasteiger partial charge in [0.05, 0.1) is 19.8 Å². The Bertz CT molecular complexity index is 570. The highest BCUT2D eigenvalue weighted by molar-refractivity contribution is 5.92. The van der Waals surface area contributed by atoms with Gasteiger partial charge in [0.1, 0.15) is 0 Å². The fourth-order valence-electron chi connectivity index (χ4n) is 2.71. The van der Waals surface area contributed by atoms with Crippen LogP contribution >= 0.6 is 0 Å². The van der Waals surface area contributed by atoms with E-state index < -0.39 is 12.0 Å². The molecule has 1 aliphatic rings. The molecule has 5 nitrogen and oxygen atoms in total. The lowest BCUT2D eigenvalue weighted by atomic mass is 10.1. The minimum atomic E-state index is -0.708. The van der Waals surface area contributed by atoms with E-state index in [2.05, 4.69) is 6.58 Å². The number of benzene rings is 1. The lowest BCUT2D eigenvalue weighted by molar-refractivity contribution is -0.154. The van der Waals surface area contributed by atoms with Gasteiger partial charge in [0.25, 0.3) is 0 Å². The molecule has 1 saturated heterocycles. The molecule has 0 unspecified atom stereocenters. The second kappa shape index (κ2) is 7.22. The first kappa shape index (κ1) is 16.2. The van der Waals surface area contributed by atoms with Crippen molar-refractivity contribution in [2.45, 2.75) is 32.1 Å². The van der Waals surface area contributed by atoms with Crippen molar-refractivity contribution in [1.82, 2.24) is 4.90 Å². The molecule has 1 fully saturated rings. The molecule has 0 spiro atoms. The van der Waals surface area contributed by atoms with Crippen LogP contribution in [0.3, 0.4) is 0 Å². The van der Waals surface area contributed by atoms with E-state index in [0.29, 0.717) is 19.6 Å². The number of carbonyl (C=O) groups is 2. The Labute approximate surface area is 130 Å². The lowest BCUT2D eigenvalue weighted by Gasteiger charge is -2.25. The first-order valence-electron chi connectivity index (χ1n) is 7.25. The van der Waals surface area contributed by atoms with Gasteiger partial charge in [-0.25, -0.2) is 4.79 Å². The van der Waals surface area contributed by atoms with Gasteiger partial charge < -0.3 is 14.4 Å². The van der Waals surface area contributed by atoms with E-state index in [1.165, 1.54) is 18.1 Å². The molecule has 22 heavy (non-hydrogen) atoms.